The minimum Gasteiger partial charge on any atom is -0.461 e. The molecule has 2 aliphatic heterocycles. The first-order valence-corrected chi connectivity index (χ1v) is 11.0. The topological polar surface area (TPSA) is 64.4 Å². The van der Waals surface area contributed by atoms with E-state index in [2.05, 4.69) is 23.7 Å². The van der Waals surface area contributed by atoms with Gasteiger partial charge < -0.3 is 9.30 Å². The molecule has 29 heavy (non-hydrogen) atoms. The third-order valence-corrected chi connectivity index (χ3v) is 6.76. The maximum absolute atomic E-state index is 13.3. The summed E-state index contributed by atoms with van der Waals surface area (Å²) in [5.41, 5.74) is 1.07. The molecule has 3 heterocycles. The van der Waals surface area contributed by atoms with E-state index in [1.165, 1.54) is 25.7 Å². The zero-order valence-electron chi connectivity index (χ0n) is 17.6. The summed E-state index contributed by atoms with van der Waals surface area (Å²) in [7, 11) is 0. The Bertz CT molecular complexity index is 936. The fourth-order valence-electron chi connectivity index (χ4n) is 5.55. The van der Waals surface area contributed by atoms with Crippen LogP contribution in [0, 0.1) is 0 Å². The van der Waals surface area contributed by atoms with Crippen molar-refractivity contribution < 1.29 is 9.53 Å². The van der Waals surface area contributed by atoms with Gasteiger partial charge in [-0.1, -0.05) is 26.0 Å². The SMILES string of the molecule is CCOC(=O)c1nc2ccccc2n(C2CC3CCC(C2)N3C(CC)CC)c1=O. The Labute approximate surface area is 171 Å². The molecule has 0 N–H and O–H groups in total. The van der Waals surface area contributed by atoms with Crippen molar-refractivity contribution in [3.8, 4) is 0 Å². The van der Waals surface area contributed by atoms with Crippen LogP contribution in [-0.4, -0.2) is 45.2 Å². The zero-order chi connectivity index (χ0) is 20.5. The first-order valence-electron chi connectivity index (χ1n) is 11.0. The van der Waals surface area contributed by atoms with Gasteiger partial charge in [0, 0.05) is 24.2 Å². The van der Waals surface area contributed by atoms with Gasteiger partial charge in [0.15, 0.2) is 0 Å². The van der Waals surface area contributed by atoms with Gasteiger partial charge in [-0.05, 0) is 57.6 Å². The summed E-state index contributed by atoms with van der Waals surface area (Å²) in [6.45, 7) is 6.51. The van der Waals surface area contributed by atoms with Crippen molar-refractivity contribution in [1.82, 2.24) is 14.5 Å². The van der Waals surface area contributed by atoms with Crippen molar-refractivity contribution in [2.75, 3.05) is 6.61 Å². The number of fused-ring (bicyclic) bond motifs is 3. The molecule has 0 spiro atoms. The highest BCUT2D eigenvalue weighted by molar-refractivity contribution is 5.89. The number of aromatic nitrogens is 2. The van der Waals surface area contributed by atoms with Crippen LogP contribution in [0.2, 0.25) is 0 Å². The van der Waals surface area contributed by atoms with E-state index in [0.29, 0.717) is 23.6 Å². The Morgan fingerprint density at radius 3 is 2.38 bits per heavy atom. The molecule has 0 radical (unpaired) electrons. The van der Waals surface area contributed by atoms with Crippen LogP contribution in [-0.2, 0) is 4.74 Å². The molecule has 0 amide bonds. The third kappa shape index (κ3) is 3.48. The molecule has 0 saturated carbocycles. The number of nitrogens with zero attached hydrogens (tertiary/aromatic N) is 3. The fourth-order valence-corrected chi connectivity index (χ4v) is 5.55. The standard InChI is InChI=1S/C23H31N3O3/c1-4-15(5-2)25-16-11-12-17(25)14-18(13-16)26-20-10-8-7-9-19(20)24-21(22(26)27)23(28)29-6-3/h7-10,15-18H,4-6,11-14H2,1-3H3. The highest BCUT2D eigenvalue weighted by Crippen LogP contribution is 2.43. The van der Waals surface area contributed by atoms with Crippen molar-refractivity contribution in [3.05, 3.63) is 40.3 Å². The summed E-state index contributed by atoms with van der Waals surface area (Å²) in [6, 6.07) is 9.34. The van der Waals surface area contributed by atoms with Crippen LogP contribution < -0.4 is 5.56 Å². The van der Waals surface area contributed by atoms with E-state index in [4.69, 9.17) is 4.74 Å². The summed E-state index contributed by atoms with van der Waals surface area (Å²) in [5, 5.41) is 0. The minimum atomic E-state index is -0.630. The number of carbonyl (C=O) groups is 1. The van der Waals surface area contributed by atoms with Crippen molar-refractivity contribution in [3.63, 3.8) is 0 Å². The third-order valence-electron chi connectivity index (χ3n) is 6.76. The Morgan fingerprint density at radius 1 is 1.10 bits per heavy atom. The van der Waals surface area contributed by atoms with Crippen LogP contribution in [0.15, 0.2) is 29.1 Å². The van der Waals surface area contributed by atoms with Crippen LogP contribution in [0.3, 0.4) is 0 Å². The van der Waals surface area contributed by atoms with Gasteiger partial charge in [0.1, 0.15) is 0 Å². The summed E-state index contributed by atoms with van der Waals surface area (Å²) in [6.07, 6.45) is 6.62. The summed E-state index contributed by atoms with van der Waals surface area (Å²) >= 11 is 0. The molecule has 1 aromatic carbocycles. The number of ether oxygens (including phenoxy) is 1. The predicted molar refractivity (Wildman–Crippen MR) is 113 cm³/mol. The van der Waals surface area contributed by atoms with Crippen molar-refractivity contribution >= 4 is 17.0 Å². The van der Waals surface area contributed by atoms with Crippen molar-refractivity contribution in [2.24, 2.45) is 0 Å². The maximum Gasteiger partial charge on any atom is 0.362 e. The number of benzene rings is 1. The Hall–Kier alpha value is -2.21. The molecule has 6 heteroatoms. The minimum absolute atomic E-state index is 0.0895. The van der Waals surface area contributed by atoms with Gasteiger partial charge in [0.25, 0.3) is 5.56 Å². The van der Waals surface area contributed by atoms with Crippen molar-refractivity contribution in [1.29, 1.82) is 0 Å². The smallest absolute Gasteiger partial charge is 0.362 e. The second-order valence-corrected chi connectivity index (χ2v) is 8.27. The number of hydrogen-bond donors (Lipinski definition) is 0. The summed E-state index contributed by atoms with van der Waals surface area (Å²) in [4.78, 5) is 32.8. The normalized spacial score (nSPS) is 24.3. The van der Waals surface area contributed by atoms with E-state index >= 15 is 0 Å². The lowest BCUT2D eigenvalue weighted by molar-refractivity contribution is 0.0509. The molecular weight excluding hydrogens is 366 g/mol. The van der Waals surface area contributed by atoms with Crippen LogP contribution in [0.5, 0.6) is 0 Å². The summed E-state index contributed by atoms with van der Waals surface area (Å²) < 4.78 is 6.95. The molecule has 2 atom stereocenters. The van der Waals surface area contributed by atoms with Gasteiger partial charge in [-0.15, -0.1) is 0 Å². The van der Waals surface area contributed by atoms with Crippen LogP contribution in [0.4, 0.5) is 0 Å². The quantitative estimate of drug-likeness (QED) is 0.691. The number of esters is 1. The Kier molecular flexibility index (Phi) is 5.72. The van der Waals surface area contributed by atoms with Gasteiger partial charge in [-0.25, -0.2) is 9.78 Å². The van der Waals surface area contributed by atoms with E-state index in [9.17, 15) is 9.59 Å². The summed E-state index contributed by atoms with van der Waals surface area (Å²) in [5.74, 6) is -0.630. The lowest BCUT2D eigenvalue weighted by Gasteiger charge is -2.44. The van der Waals surface area contributed by atoms with E-state index in [0.717, 1.165) is 18.4 Å². The number of para-hydroxylation sites is 2. The average molecular weight is 398 g/mol. The van der Waals surface area contributed by atoms with Gasteiger partial charge >= 0.3 is 5.97 Å². The van der Waals surface area contributed by atoms with E-state index in [1.807, 2.05) is 28.8 Å². The van der Waals surface area contributed by atoms with Crippen molar-refractivity contribution in [2.45, 2.75) is 83.5 Å². The van der Waals surface area contributed by atoms with Gasteiger partial charge in [0.2, 0.25) is 5.69 Å². The monoisotopic (exact) mass is 397 g/mol. The average Bonchev–Trinajstić information content (AvgIpc) is 2.98. The van der Waals surface area contributed by atoms with Crippen LogP contribution in [0.25, 0.3) is 11.0 Å². The van der Waals surface area contributed by atoms with Gasteiger partial charge in [-0.3, -0.25) is 9.69 Å². The molecule has 4 rings (SSSR count). The molecule has 2 saturated heterocycles. The lowest BCUT2D eigenvalue weighted by Crippen LogP contribution is -2.50. The molecule has 6 nitrogen and oxygen atoms in total. The lowest BCUT2D eigenvalue weighted by atomic mass is 9.93. The number of hydrogen-bond acceptors (Lipinski definition) is 5. The van der Waals surface area contributed by atoms with Crippen LogP contribution >= 0.6 is 0 Å². The predicted octanol–water partition coefficient (Wildman–Crippen LogP) is 3.93. The van der Waals surface area contributed by atoms with E-state index in [1.54, 1.807) is 6.92 Å². The molecule has 2 aromatic rings. The van der Waals surface area contributed by atoms with E-state index in [-0.39, 0.29) is 23.9 Å². The Morgan fingerprint density at radius 2 is 1.76 bits per heavy atom. The molecule has 2 unspecified atom stereocenters. The molecule has 1 aromatic heterocycles. The molecular formula is C23H31N3O3. The molecule has 2 fully saturated rings. The molecule has 0 aliphatic carbocycles. The first-order chi connectivity index (χ1) is 14.1. The highest BCUT2D eigenvalue weighted by atomic mass is 16.5. The van der Waals surface area contributed by atoms with Crippen LogP contribution in [0.1, 0.15) is 75.8 Å². The zero-order valence-corrected chi connectivity index (χ0v) is 17.6. The maximum atomic E-state index is 13.3. The second kappa shape index (κ2) is 8.27. The van der Waals surface area contributed by atoms with Gasteiger partial charge in [0.05, 0.1) is 17.6 Å². The second-order valence-electron chi connectivity index (χ2n) is 8.27. The Balaban J connectivity index is 1.76. The molecule has 2 bridgehead atoms. The first kappa shape index (κ1) is 20.1. The number of carbonyl (C=O) groups excluding carboxylic acids is 1. The van der Waals surface area contributed by atoms with Gasteiger partial charge in [-0.2, -0.15) is 0 Å². The molecule has 2 aliphatic rings. The highest BCUT2D eigenvalue weighted by Gasteiger charge is 2.44. The fraction of sp³-hybridized carbons (Fsp3) is 0.609. The van der Waals surface area contributed by atoms with E-state index < -0.39 is 5.97 Å². The molecule has 156 valence electrons. The number of piperidine rings is 1. The number of rotatable bonds is 6. The largest absolute Gasteiger partial charge is 0.461 e.